The Labute approximate surface area is 118 Å². The van der Waals surface area contributed by atoms with Crippen LogP contribution >= 0.6 is 0 Å². The number of Topliss-reactive ketones (excluding diaryl/α,β-unsaturated/α-hetero) is 1. The van der Waals surface area contributed by atoms with E-state index in [1.54, 1.807) is 19.1 Å². The number of rotatable bonds is 4. The van der Waals surface area contributed by atoms with Crippen molar-refractivity contribution < 1.29 is 14.7 Å². The summed E-state index contributed by atoms with van der Waals surface area (Å²) in [5, 5.41) is 9.19. The highest BCUT2D eigenvalue weighted by Gasteiger charge is 2.19. The molecule has 0 radical (unpaired) electrons. The molecule has 2 rings (SSSR count). The van der Waals surface area contributed by atoms with Crippen molar-refractivity contribution in [3.05, 3.63) is 29.8 Å². The Bertz CT molecular complexity index is 476. The first kappa shape index (κ1) is 14.5. The highest BCUT2D eigenvalue weighted by atomic mass is 16.3. The summed E-state index contributed by atoms with van der Waals surface area (Å²) < 4.78 is 0. The molecular formula is C15H20N2O3. The number of nitrogens with zero attached hydrogens (tertiary/aromatic N) is 2. The second-order valence-corrected chi connectivity index (χ2v) is 5.07. The quantitative estimate of drug-likeness (QED) is 0.837. The predicted molar refractivity (Wildman–Crippen MR) is 75.7 cm³/mol. The van der Waals surface area contributed by atoms with E-state index in [0.29, 0.717) is 18.5 Å². The Morgan fingerprint density at radius 3 is 2.25 bits per heavy atom. The van der Waals surface area contributed by atoms with Crippen LogP contribution in [0.25, 0.3) is 0 Å². The molecule has 0 saturated carbocycles. The van der Waals surface area contributed by atoms with E-state index in [9.17, 15) is 14.7 Å². The maximum Gasteiger partial charge on any atom is 0.219 e. The average molecular weight is 276 g/mol. The van der Waals surface area contributed by atoms with Crippen molar-refractivity contribution in [2.75, 3.05) is 32.7 Å². The molecule has 1 aliphatic rings. The van der Waals surface area contributed by atoms with Gasteiger partial charge in [-0.1, -0.05) is 0 Å². The molecule has 0 atom stereocenters. The number of carbonyl (C=O) groups is 2. The Hall–Kier alpha value is -1.88. The SMILES string of the molecule is CC(=O)N1CCN(CCC(=O)c2ccc(O)cc2)CC1. The van der Waals surface area contributed by atoms with Gasteiger partial charge >= 0.3 is 0 Å². The van der Waals surface area contributed by atoms with Gasteiger partial charge in [0.15, 0.2) is 5.78 Å². The van der Waals surface area contributed by atoms with Crippen LogP contribution in [0.15, 0.2) is 24.3 Å². The summed E-state index contributed by atoms with van der Waals surface area (Å²) in [7, 11) is 0. The molecule has 0 unspecified atom stereocenters. The van der Waals surface area contributed by atoms with Gasteiger partial charge in [-0.15, -0.1) is 0 Å². The first-order valence-electron chi connectivity index (χ1n) is 6.86. The highest BCUT2D eigenvalue weighted by Crippen LogP contribution is 2.12. The zero-order valence-electron chi connectivity index (χ0n) is 11.7. The van der Waals surface area contributed by atoms with E-state index in [2.05, 4.69) is 4.90 Å². The third-order valence-electron chi connectivity index (χ3n) is 3.66. The number of carbonyl (C=O) groups excluding carboxylic acids is 2. The maximum atomic E-state index is 12.0. The number of hydrogen-bond donors (Lipinski definition) is 1. The maximum absolute atomic E-state index is 12.0. The minimum absolute atomic E-state index is 0.0824. The van der Waals surface area contributed by atoms with Crippen LogP contribution in [0, 0.1) is 0 Å². The summed E-state index contributed by atoms with van der Waals surface area (Å²) >= 11 is 0. The number of benzene rings is 1. The fourth-order valence-electron chi connectivity index (χ4n) is 2.34. The lowest BCUT2D eigenvalue weighted by Gasteiger charge is -2.34. The second-order valence-electron chi connectivity index (χ2n) is 5.07. The van der Waals surface area contributed by atoms with Crippen LogP contribution in [0.1, 0.15) is 23.7 Å². The minimum atomic E-state index is 0.0824. The van der Waals surface area contributed by atoms with E-state index in [0.717, 1.165) is 26.2 Å². The molecule has 0 aromatic heterocycles. The number of amides is 1. The summed E-state index contributed by atoms with van der Waals surface area (Å²) in [5.74, 6) is 0.366. The molecular weight excluding hydrogens is 256 g/mol. The minimum Gasteiger partial charge on any atom is -0.508 e. The summed E-state index contributed by atoms with van der Waals surface area (Å²) in [5.41, 5.74) is 0.630. The third-order valence-corrected chi connectivity index (χ3v) is 3.66. The van der Waals surface area contributed by atoms with Gasteiger partial charge in [0.25, 0.3) is 0 Å². The van der Waals surface area contributed by atoms with E-state index in [4.69, 9.17) is 0 Å². The fraction of sp³-hybridized carbons (Fsp3) is 0.467. The van der Waals surface area contributed by atoms with Gasteiger partial charge in [-0.3, -0.25) is 14.5 Å². The van der Waals surface area contributed by atoms with Crippen LogP contribution in [0.2, 0.25) is 0 Å². The molecule has 5 heteroatoms. The standard InChI is InChI=1S/C15H20N2O3/c1-12(18)17-10-8-16(9-11-17)7-6-15(20)13-2-4-14(19)5-3-13/h2-5,19H,6-11H2,1H3. The molecule has 1 amide bonds. The van der Waals surface area contributed by atoms with Crippen LogP contribution in [-0.2, 0) is 4.79 Å². The van der Waals surface area contributed by atoms with E-state index in [-0.39, 0.29) is 17.4 Å². The Balaban J connectivity index is 1.77. The Morgan fingerprint density at radius 2 is 1.70 bits per heavy atom. The molecule has 1 aromatic carbocycles. The van der Waals surface area contributed by atoms with Gasteiger partial charge < -0.3 is 10.0 Å². The van der Waals surface area contributed by atoms with Crippen LogP contribution in [0.4, 0.5) is 0 Å². The largest absolute Gasteiger partial charge is 0.508 e. The van der Waals surface area contributed by atoms with Crippen molar-refractivity contribution in [1.29, 1.82) is 0 Å². The molecule has 5 nitrogen and oxygen atoms in total. The molecule has 1 heterocycles. The van der Waals surface area contributed by atoms with Crippen LogP contribution in [0.3, 0.4) is 0 Å². The van der Waals surface area contributed by atoms with Crippen molar-refractivity contribution in [3.8, 4) is 5.75 Å². The number of phenols is 1. The number of hydrogen-bond acceptors (Lipinski definition) is 4. The molecule has 1 aromatic rings. The molecule has 1 N–H and O–H groups in total. The van der Waals surface area contributed by atoms with Gasteiger partial charge in [0.05, 0.1) is 0 Å². The van der Waals surface area contributed by atoms with Gasteiger partial charge in [-0.25, -0.2) is 0 Å². The van der Waals surface area contributed by atoms with Crippen molar-refractivity contribution in [3.63, 3.8) is 0 Å². The van der Waals surface area contributed by atoms with Crippen molar-refractivity contribution in [2.24, 2.45) is 0 Å². The molecule has 1 aliphatic heterocycles. The second kappa shape index (κ2) is 6.52. The molecule has 20 heavy (non-hydrogen) atoms. The zero-order chi connectivity index (χ0) is 14.5. The van der Waals surface area contributed by atoms with Gasteiger partial charge in [-0.2, -0.15) is 0 Å². The fourth-order valence-corrected chi connectivity index (χ4v) is 2.34. The first-order valence-corrected chi connectivity index (χ1v) is 6.86. The predicted octanol–water partition coefficient (Wildman–Crippen LogP) is 1.13. The number of piperazine rings is 1. The molecule has 0 aliphatic carbocycles. The first-order chi connectivity index (χ1) is 9.56. The summed E-state index contributed by atoms with van der Waals surface area (Å²) in [6.07, 6.45) is 0.463. The molecule has 1 saturated heterocycles. The Morgan fingerprint density at radius 1 is 1.10 bits per heavy atom. The van der Waals surface area contributed by atoms with Crippen molar-refractivity contribution >= 4 is 11.7 Å². The van der Waals surface area contributed by atoms with Gasteiger partial charge in [-0.05, 0) is 24.3 Å². The lowest BCUT2D eigenvalue weighted by Crippen LogP contribution is -2.48. The van der Waals surface area contributed by atoms with E-state index < -0.39 is 0 Å². The molecule has 0 bridgehead atoms. The summed E-state index contributed by atoms with van der Waals surface area (Å²) in [6, 6.07) is 6.34. The van der Waals surface area contributed by atoms with E-state index in [1.807, 2.05) is 4.90 Å². The topological polar surface area (TPSA) is 60.9 Å². The normalized spacial score (nSPS) is 16.1. The monoisotopic (exact) mass is 276 g/mol. The summed E-state index contributed by atoms with van der Waals surface area (Å²) in [6.45, 7) is 5.42. The lowest BCUT2D eigenvalue weighted by molar-refractivity contribution is -0.130. The number of phenolic OH excluding ortho intramolecular Hbond substituents is 1. The average Bonchev–Trinajstić information content (AvgIpc) is 2.46. The molecule has 0 spiro atoms. The van der Waals surface area contributed by atoms with E-state index >= 15 is 0 Å². The van der Waals surface area contributed by atoms with Crippen LogP contribution in [0.5, 0.6) is 5.75 Å². The highest BCUT2D eigenvalue weighted by molar-refractivity contribution is 5.96. The lowest BCUT2D eigenvalue weighted by atomic mass is 10.1. The van der Waals surface area contributed by atoms with Gasteiger partial charge in [0, 0.05) is 51.6 Å². The smallest absolute Gasteiger partial charge is 0.219 e. The van der Waals surface area contributed by atoms with Gasteiger partial charge in [0.1, 0.15) is 5.75 Å². The molecule has 1 fully saturated rings. The number of aromatic hydroxyl groups is 1. The van der Waals surface area contributed by atoms with Crippen LogP contribution in [-0.4, -0.2) is 59.3 Å². The van der Waals surface area contributed by atoms with Crippen LogP contribution < -0.4 is 0 Å². The molecule has 108 valence electrons. The number of ketones is 1. The van der Waals surface area contributed by atoms with Gasteiger partial charge in [0.2, 0.25) is 5.91 Å². The Kier molecular flexibility index (Phi) is 4.74. The van der Waals surface area contributed by atoms with E-state index in [1.165, 1.54) is 12.1 Å². The summed E-state index contributed by atoms with van der Waals surface area (Å²) in [4.78, 5) is 27.3. The zero-order valence-corrected chi connectivity index (χ0v) is 11.7. The third kappa shape index (κ3) is 3.81. The van der Waals surface area contributed by atoms with Crippen molar-refractivity contribution in [1.82, 2.24) is 9.80 Å². The van der Waals surface area contributed by atoms with Crippen molar-refractivity contribution in [2.45, 2.75) is 13.3 Å².